The lowest BCUT2D eigenvalue weighted by Crippen LogP contribution is -2.46. The van der Waals surface area contributed by atoms with Crippen LogP contribution in [-0.4, -0.2) is 54.0 Å². The fourth-order valence-electron chi connectivity index (χ4n) is 2.07. The molecule has 116 valence electrons. The molecule has 0 aromatic rings. The van der Waals surface area contributed by atoms with Crippen molar-refractivity contribution in [2.45, 2.75) is 58.3 Å². The third-order valence-electron chi connectivity index (χ3n) is 3.24. The molecule has 0 fully saturated rings. The highest BCUT2D eigenvalue weighted by Gasteiger charge is 2.32. The zero-order chi connectivity index (χ0) is 15.1. The van der Waals surface area contributed by atoms with E-state index in [2.05, 4.69) is 5.32 Å². The number of hydrogen-bond acceptors (Lipinski definition) is 3. The second-order valence-electron chi connectivity index (χ2n) is 5.53. The van der Waals surface area contributed by atoms with Crippen molar-refractivity contribution in [3.63, 3.8) is 0 Å². The van der Waals surface area contributed by atoms with Crippen molar-refractivity contribution in [1.82, 2.24) is 10.2 Å². The standard InChI is InChI=1S/C13H27F3N2O/c1-5-17-12(4,10-19)7-6-8-18(11(2)3)9-13(14,15)16/h11,17,19H,5-10H2,1-4H3. The van der Waals surface area contributed by atoms with Crippen LogP contribution in [0, 0.1) is 0 Å². The van der Waals surface area contributed by atoms with E-state index in [1.165, 1.54) is 4.90 Å². The van der Waals surface area contributed by atoms with Crippen LogP contribution >= 0.6 is 0 Å². The van der Waals surface area contributed by atoms with Gasteiger partial charge in [0.05, 0.1) is 13.2 Å². The average molecular weight is 284 g/mol. The molecule has 0 spiro atoms. The summed E-state index contributed by atoms with van der Waals surface area (Å²) in [5.41, 5.74) is -0.407. The van der Waals surface area contributed by atoms with Crippen LogP contribution in [0.5, 0.6) is 0 Å². The van der Waals surface area contributed by atoms with Gasteiger partial charge in [-0.15, -0.1) is 0 Å². The summed E-state index contributed by atoms with van der Waals surface area (Å²) >= 11 is 0. The first-order valence-electron chi connectivity index (χ1n) is 6.80. The first kappa shape index (κ1) is 18.7. The van der Waals surface area contributed by atoms with Crippen LogP contribution in [0.15, 0.2) is 0 Å². The number of aliphatic hydroxyl groups excluding tert-OH is 1. The molecule has 0 rings (SSSR count). The van der Waals surface area contributed by atoms with E-state index in [4.69, 9.17) is 0 Å². The topological polar surface area (TPSA) is 35.5 Å². The van der Waals surface area contributed by atoms with Crippen LogP contribution < -0.4 is 5.32 Å². The summed E-state index contributed by atoms with van der Waals surface area (Å²) in [6.45, 7) is 7.59. The lowest BCUT2D eigenvalue weighted by molar-refractivity contribution is -0.149. The lowest BCUT2D eigenvalue weighted by Gasteiger charge is -2.31. The largest absolute Gasteiger partial charge is 0.401 e. The maximum atomic E-state index is 12.4. The second kappa shape index (κ2) is 8.07. The van der Waals surface area contributed by atoms with Crippen molar-refractivity contribution >= 4 is 0 Å². The maximum absolute atomic E-state index is 12.4. The number of likely N-dealkylation sites (N-methyl/N-ethyl adjacent to an activating group) is 1. The van der Waals surface area contributed by atoms with Gasteiger partial charge in [0.2, 0.25) is 0 Å². The molecule has 0 aliphatic carbocycles. The van der Waals surface area contributed by atoms with E-state index in [0.29, 0.717) is 19.4 Å². The first-order valence-corrected chi connectivity index (χ1v) is 6.80. The molecule has 2 N–H and O–H groups in total. The first-order chi connectivity index (χ1) is 8.63. The molecule has 1 atom stereocenters. The predicted octanol–water partition coefficient (Wildman–Crippen LogP) is 2.40. The van der Waals surface area contributed by atoms with Crippen molar-refractivity contribution in [2.24, 2.45) is 0 Å². The van der Waals surface area contributed by atoms with Crippen molar-refractivity contribution in [1.29, 1.82) is 0 Å². The van der Waals surface area contributed by atoms with Gasteiger partial charge in [-0.3, -0.25) is 4.90 Å². The Morgan fingerprint density at radius 3 is 2.21 bits per heavy atom. The molecular weight excluding hydrogens is 257 g/mol. The quantitative estimate of drug-likeness (QED) is 0.682. The number of aliphatic hydroxyl groups is 1. The summed E-state index contributed by atoms with van der Waals surface area (Å²) in [7, 11) is 0. The Morgan fingerprint density at radius 1 is 1.26 bits per heavy atom. The third kappa shape index (κ3) is 8.44. The van der Waals surface area contributed by atoms with Crippen LogP contribution in [0.2, 0.25) is 0 Å². The Bertz CT molecular complexity index is 247. The van der Waals surface area contributed by atoms with Crippen LogP contribution in [0.3, 0.4) is 0 Å². The van der Waals surface area contributed by atoms with Gasteiger partial charge in [-0.1, -0.05) is 6.92 Å². The van der Waals surface area contributed by atoms with E-state index in [1.807, 2.05) is 13.8 Å². The Morgan fingerprint density at radius 2 is 1.84 bits per heavy atom. The molecule has 6 heteroatoms. The Hall–Kier alpha value is -0.330. The number of nitrogens with one attached hydrogen (secondary N) is 1. The van der Waals surface area contributed by atoms with E-state index in [9.17, 15) is 18.3 Å². The highest BCUT2D eigenvalue weighted by Crippen LogP contribution is 2.19. The molecule has 0 amide bonds. The van der Waals surface area contributed by atoms with Gasteiger partial charge >= 0.3 is 6.18 Å². The van der Waals surface area contributed by atoms with Gasteiger partial charge in [0.15, 0.2) is 0 Å². The van der Waals surface area contributed by atoms with Crippen LogP contribution in [0.1, 0.15) is 40.5 Å². The molecule has 0 heterocycles. The SMILES string of the molecule is CCNC(C)(CO)CCCN(CC(F)(F)F)C(C)C. The predicted molar refractivity (Wildman–Crippen MR) is 71.2 cm³/mol. The molecule has 0 aliphatic heterocycles. The van der Waals surface area contributed by atoms with E-state index < -0.39 is 18.3 Å². The summed E-state index contributed by atoms with van der Waals surface area (Å²) < 4.78 is 37.3. The zero-order valence-electron chi connectivity index (χ0n) is 12.3. The number of hydrogen-bond donors (Lipinski definition) is 2. The summed E-state index contributed by atoms with van der Waals surface area (Å²) in [5.74, 6) is 0. The van der Waals surface area contributed by atoms with Crippen LogP contribution in [0.25, 0.3) is 0 Å². The van der Waals surface area contributed by atoms with Crippen molar-refractivity contribution < 1.29 is 18.3 Å². The van der Waals surface area contributed by atoms with E-state index in [-0.39, 0.29) is 12.6 Å². The summed E-state index contributed by atoms with van der Waals surface area (Å²) in [6.07, 6.45) is -2.89. The Labute approximate surface area is 114 Å². The van der Waals surface area contributed by atoms with Crippen LogP contribution in [0.4, 0.5) is 13.2 Å². The smallest absolute Gasteiger partial charge is 0.394 e. The monoisotopic (exact) mass is 284 g/mol. The maximum Gasteiger partial charge on any atom is 0.401 e. The lowest BCUT2D eigenvalue weighted by atomic mass is 9.96. The summed E-state index contributed by atoms with van der Waals surface area (Å²) in [5, 5.41) is 12.5. The number of nitrogens with zero attached hydrogens (tertiary/aromatic N) is 1. The van der Waals surface area contributed by atoms with Gasteiger partial charge < -0.3 is 10.4 Å². The van der Waals surface area contributed by atoms with Gasteiger partial charge in [0.1, 0.15) is 0 Å². The molecule has 1 unspecified atom stereocenters. The van der Waals surface area contributed by atoms with Gasteiger partial charge in [0, 0.05) is 11.6 Å². The van der Waals surface area contributed by atoms with Gasteiger partial charge in [-0.05, 0) is 46.7 Å². The van der Waals surface area contributed by atoms with E-state index in [0.717, 1.165) is 6.54 Å². The van der Waals surface area contributed by atoms with E-state index >= 15 is 0 Å². The Balaban J connectivity index is 4.26. The van der Waals surface area contributed by atoms with Crippen molar-refractivity contribution in [3.8, 4) is 0 Å². The zero-order valence-corrected chi connectivity index (χ0v) is 12.3. The molecule has 0 aromatic carbocycles. The minimum atomic E-state index is -4.16. The molecule has 0 aromatic heterocycles. The summed E-state index contributed by atoms with van der Waals surface area (Å²) in [6, 6.07) is -0.138. The van der Waals surface area contributed by atoms with Gasteiger partial charge in [0.25, 0.3) is 0 Å². The third-order valence-corrected chi connectivity index (χ3v) is 3.24. The molecule has 0 aliphatic rings. The second-order valence-corrected chi connectivity index (χ2v) is 5.53. The molecule has 0 saturated heterocycles. The van der Waals surface area contributed by atoms with Gasteiger partial charge in [-0.25, -0.2) is 0 Å². The molecule has 3 nitrogen and oxygen atoms in total. The number of halogens is 3. The highest BCUT2D eigenvalue weighted by molar-refractivity contribution is 4.82. The van der Waals surface area contributed by atoms with Gasteiger partial charge in [-0.2, -0.15) is 13.2 Å². The van der Waals surface area contributed by atoms with Crippen molar-refractivity contribution in [2.75, 3.05) is 26.2 Å². The number of alkyl halides is 3. The molecule has 19 heavy (non-hydrogen) atoms. The Kier molecular flexibility index (Phi) is 7.93. The minimum absolute atomic E-state index is 0.0121. The molecule has 0 saturated carbocycles. The normalized spacial score (nSPS) is 16.1. The molecular formula is C13H27F3N2O. The molecule has 0 radical (unpaired) electrons. The minimum Gasteiger partial charge on any atom is -0.394 e. The fraction of sp³-hybridized carbons (Fsp3) is 1.00. The van der Waals surface area contributed by atoms with E-state index in [1.54, 1.807) is 13.8 Å². The van der Waals surface area contributed by atoms with Crippen molar-refractivity contribution in [3.05, 3.63) is 0 Å². The number of rotatable bonds is 9. The highest BCUT2D eigenvalue weighted by atomic mass is 19.4. The average Bonchev–Trinajstić information content (AvgIpc) is 2.26. The molecule has 0 bridgehead atoms. The fourth-order valence-corrected chi connectivity index (χ4v) is 2.07. The summed E-state index contributed by atoms with van der Waals surface area (Å²) in [4.78, 5) is 1.42. The van der Waals surface area contributed by atoms with Crippen LogP contribution in [-0.2, 0) is 0 Å².